The number of Topliss-reactive ketones (excluding diaryl/α,β-unsaturated/α-hetero) is 1. The zero-order valence-corrected chi connectivity index (χ0v) is 14.3. The minimum Gasteiger partial charge on any atom is -0.299 e. The average molecular weight is 309 g/mol. The largest absolute Gasteiger partial charge is 0.299 e. The highest BCUT2D eigenvalue weighted by Gasteiger charge is 2.60. The number of carbonyl (C=O) groups excluding carboxylic acids is 1. The molecule has 2 heteroatoms. The monoisotopic (exact) mass is 308 g/mol. The Labute approximate surface area is 134 Å². The van der Waals surface area contributed by atoms with Gasteiger partial charge in [-0.25, -0.2) is 0 Å². The lowest BCUT2D eigenvalue weighted by molar-refractivity contribution is -0.138. The number of rotatable bonds is 0. The van der Waals surface area contributed by atoms with Gasteiger partial charge in [-0.15, -0.1) is 11.6 Å². The van der Waals surface area contributed by atoms with Gasteiger partial charge in [0.1, 0.15) is 5.78 Å². The molecule has 0 saturated heterocycles. The van der Waals surface area contributed by atoms with Gasteiger partial charge < -0.3 is 0 Å². The van der Waals surface area contributed by atoms with Gasteiger partial charge in [-0.1, -0.05) is 13.8 Å². The number of alkyl halides is 1. The third kappa shape index (κ3) is 1.92. The Bertz CT molecular complexity index is 460. The molecule has 0 amide bonds. The summed E-state index contributed by atoms with van der Waals surface area (Å²) < 4.78 is 0. The Kier molecular flexibility index (Phi) is 3.27. The lowest BCUT2D eigenvalue weighted by Crippen LogP contribution is -2.53. The lowest BCUT2D eigenvalue weighted by Gasteiger charge is -2.60. The van der Waals surface area contributed by atoms with E-state index in [0.29, 0.717) is 22.5 Å². The maximum atomic E-state index is 12.4. The van der Waals surface area contributed by atoms with Crippen molar-refractivity contribution in [1.29, 1.82) is 0 Å². The molecule has 0 unspecified atom stereocenters. The summed E-state index contributed by atoms with van der Waals surface area (Å²) in [5.41, 5.74) is 0.551. The van der Waals surface area contributed by atoms with E-state index in [1.54, 1.807) is 0 Å². The first-order valence-electron chi connectivity index (χ1n) is 9.12. The van der Waals surface area contributed by atoms with Crippen LogP contribution in [-0.4, -0.2) is 11.2 Å². The van der Waals surface area contributed by atoms with Crippen molar-refractivity contribution in [3.63, 3.8) is 0 Å². The van der Waals surface area contributed by atoms with Crippen LogP contribution in [0.25, 0.3) is 0 Å². The average Bonchev–Trinajstić information content (AvgIpc) is 2.76. The van der Waals surface area contributed by atoms with E-state index in [1.807, 2.05) is 0 Å². The van der Waals surface area contributed by atoms with Crippen molar-refractivity contribution in [3.8, 4) is 0 Å². The number of hydrogen-bond acceptors (Lipinski definition) is 1. The van der Waals surface area contributed by atoms with Crippen molar-refractivity contribution >= 4 is 17.4 Å². The Balaban J connectivity index is 1.64. The molecule has 4 saturated carbocycles. The third-order valence-corrected chi connectivity index (χ3v) is 8.71. The Morgan fingerprint density at radius 2 is 1.81 bits per heavy atom. The van der Waals surface area contributed by atoms with Crippen molar-refractivity contribution in [2.24, 2.45) is 34.5 Å². The second-order valence-electron chi connectivity index (χ2n) is 8.95. The molecule has 0 N–H and O–H groups in total. The normalized spacial score (nSPS) is 56.5. The van der Waals surface area contributed by atoms with E-state index in [4.69, 9.17) is 11.6 Å². The quantitative estimate of drug-likeness (QED) is 0.562. The van der Waals surface area contributed by atoms with Crippen molar-refractivity contribution in [3.05, 3.63) is 0 Å². The van der Waals surface area contributed by atoms with Crippen LogP contribution < -0.4 is 0 Å². The minimum atomic E-state index is 0.0358. The van der Waals surface area contributed by atoms with Gasteiger partial charge in [-0.05, 0) is 80.5 Å². The predicted octanol–water partition coefficient (Wildman–Crippen LogP) is 5.21. The van der Waals surface area contributed by atoms with E-state index in [0.717, 1.165) is 30.6 Å². The fourth-order valence-corrected chi connectivity index (χ4v) is 7.30. The minimum absolute atomic E-state index is 0.0358. The van der Waals surface area contributed by atoms with Crippen LogP contribution in [0.2, 0.25) is 0 Å². The Morgan fingerprint density at radius 1 is 1.00 bits per heavy atom. The van der Waals surface area contributed by atoms with Gasteiger partial charge in [0.25, 0.3) is 0 Å². The van der Waals surface area contributed by atoms with E-state index < -0.39 is 0 Å². The summed E-state index contributed by atoms with van der Waals surface area (Å²) in [6.45, 7) is 4.85. The summed E-state index contributed by atoms with van der Waals surface area (Å²) >= 11 is 6.46. The molecule has 0 bridgehead atoms. The fourth-order valence-electron chi connectivity index (χ4n) is 6.98. The van der Waals surface area contributed by atoms with Gasteiger partial charge in [-0.3, -0.25) is 4.79 Å². The Hall–Kier alpha value is -0.0400. The Morgan fingerprint density at radius 3 is 2.62 bits per heavy atom. The maximum Gasteiger partial charge on any atom is 0.139 e. The van der Waals surface area contributed by atoms with Crippen molar-refractivity contribution < 1.29 is 4.79 Å². The first-order chi connectivity index (χ1) is 9.95. The van der Waals surface area contributed by atoms with Crippen LogP contribution in [0.1, 0.15) is 71.6 Å². The summed E-state index contributed by atoms with van der Waals surface area (Å²) in [7, 11) is 0. The molecule has 0 radical (unpaired) electrons. The highest BCUT2D eigenvalue weighted by Crippen LogP contribution is 2.65. The van der Waals surface area contributed by atoms with Gasteiger partial charge in [0.15, 0.2) is 0 Å². The molecule has 21 heavy (non-hydrogen) atoms. The molecule has 4 rings (SSSR count). The molecule has 7 atom stereocenters. The van der Waals surface area contributed by atoms with E-state index in [9.17, 15) is 4.79 Å². The molecule has 0 aromatic carbocycles. The van der Waals surface area contributed by atoms with Crippen LogP contribution >= 0.6 is 11.6 Å². The summed E-state index contributed by atoms with van der Waals surface area (Å²) in [6.07, 6.45) is 11.0. The van der Waals surface area contributed by atoms with Crippen LogP contribution in [0.5, 0.6) is 0 Å². The summed E-state index contributed by atoms with van der Waals surface area (Å²) in [6, 6.07) is 0. The molecule has 1 nitrogen and oxygen atoms in total. The first kappa shape index (κ1) is 14.5. The number of ketones is 1. The molecule has 4 aliphatic rings. The topological polar surface area (TPSA) is 17.1 Å². The number of hydrogen-bond donors (Lipinski definition) is 0. The van der Waals surface area contributed by atoms with E-state index >= 15 is 0 Å². The van der Waals surface area contributed by atoms with Crippen LogP contribution in [0.4, 0.5) is 0 Å². The van der Waals surface area contributed by atoms with E-state index in [-0.39, 0.29) is 5.41 Å². The summed E-state index contributed by atoms with van der Waals surface area (Å²) in [4.78, 5) is 12.4. The zero-order chi connectivity index (χ0) is 14.8. The second kappa shape index (κ2) is 4.73. The van der Waals surface area contributed by atoms with Gasteiger partial charge in [-0.2, -0.15) is 0 Å². The van der Waals surface area contributed by atoms with Gasteiger partial charge >= 0.3 is 0 Å². The second-order valence-corrected chi connectivity index (χ2v) is 9.56. The number of halogens is 1. The fraction of sp³-hybridized carbons (Fsp3) is 0.947. The number of carbonyl (C=O) groups is 1. The molecule has 4 aliphatic carbocycles. The van der Waals surface area contributed by atoms with E-state index in [1.165, 1.54) is 44.9 Å². The van der Waals surface area contributed by atoms with Crippen molar-refractivity contribution in [1.82, 2.24) is 0 Å². The lowest BCUT2D eigenvalue weighted by atomic mass is 9.45. The molecule has 118 valence electrons. The third-order valence-electron chi connectivity index (χ3n) is 8.31. The predicted molar refractivity (Wildman–Crippen MR) is 86.4 cm³/mol. The van der Waals surface area contributed by atoms with Crippen LogP contribution in [0.3, 0.4) is 0 Å². The van der Waals surface area contributed by atoms with E-state index in [2.05, 4.69) is 13.8 Å². The van der Waals surface area contributed by atoms with Crippen molar-refractivity contribution in [2.45, 2.75) is 77.0 Å². The molecule has 0 heterocycles. The summed E-state index contributed by atoms with van der Waals surface area (Å²) in [5, 5.41) is 0.418. The molecule has 0 aromatic rings. The molecule has 0 aromatic heterocycles. The molecular weight excluding hydrogens is 280 g/mol. The van der Waals surface area contributed by atoms with Crippen LogP contribution in [-0.2, 0) is 4.79 Å². The van der Waals surface area contributed by atoms with Crippen molar-refractivity contribution in [2.75, 3.05) is 0 Å². The van der Waals surface area contributed by atoms with Crippen LogP contribution in [0, 0.1) is 34.5 Å². The molecule has 0 spiro atoms. The van der Waals surface area contributed by atoms with Gasteiger partial charge in [0.05, 0.1) is 0 Å². The van der Waals surface area contributed by atoms with Gasteiger partial charge in [0.2, 0.25) is 0 Å². The highest BCUT2D eigenvalue weighted by molar-refractivity contribution is 6.20. The zero-order valence-electron chi connectivity index (χ0n) is 13.5. The standard InChI is InChI=1S/C19H29ClO/c1-18-9-7-13(20)11-12(18)3-4-14-15-5-6-17(21)19(15,2)10-8-16(14)18/h12-16H,3-11H2,1-2H3/t12-,13+,14-,15-,16+,18-,19-/m0/s1. The molecular formula is C19H29ClO. The highest BCUT2D eigenvalue weighted by atomic mass is 35.5. The molecule has 4 fully saturated rings. The maximum absolute atomic E-state index is 12.4. The number of fused-ring (bicyclic) bond motifs is 5. The molecule has 0 aliphatic heterocycles. The summed E-state index contributed by atoms with van der Waals surface area (Å²) in [5.74, 6) is 3.79. The SMILES string of the molecule is C[C@]12CC[C@@H](Cl)C[C@@H]1CC[C@@H]1[C@H]2CC[C@]2(C)C(=O)CC[C@@H]12. The van der Waals surface area contributed by atoms with Gasteiger partial charge in [0, 0.05) is 17.2 Å². The van der Waals surface area contributed by atoms with Crippen LogP contribution in [0.15, 0.2) is 0 Å². The smallest absolute Gasteiger partial charge is 0.139 e. The first-order valence-corrected chi connectivity index (χ1v) is 9.56.